The third kappa shape index (κ3) is 3.46. The van der Waals surface area contributed by atoms with E-state index in [1.165, 1.54) is 12.8 Å². The van der Waals surface area contributed by atoms with E-state index in [1.807, 2.05) is 0 Å². The van der Waals surface area contributed by atoms with Crippen molar-refractivity contribution in [3.8, 4) is 0 Å². The van der Waals surface area contributed by atoms with Crippen LogP contribution in [-0.2, 0) is 4.74 Å². The molecule has 2 aliphatic rings. The van der Waals surface area contributed by atoms with Crippen molar-refractivity contribution in [2.45, 2.75) is 62.5 Å². The first-order valence-electron chi connectivity index (χ1n) is 7.25. The first-order chi connectivity index (χ1) is 8.18. The van der Waals surface area contributed by atoms with Crippen LogP contribution in [0.1, 0.15) is 44.9 Å². The second-order valence-electron chi connectivity index (χ2n) is 5.89. The van der Waals surface area contributed by atoms with Crippen LogP contribution in [0, 0.1) is 0 Å². The Labute approximate surface area is 106 Å². The van der Waals surface area contributed by atoms with Gasteiger partial charge in [-0.3, -0.25) is 0 Å². The van der Waals surface area contributed by atoms with Gasteiger partial charge in [-0.1, -0.05) is 19.2 Å². The van der Waals surface area contributed by atoms with Gasteiger partial charge >= 0.3 is 0 Å². The Kier molecular flexibility index (Phi) is 4.50. The molecule has 1 atom stereocenters. The molecule has 0 aromatic heterocycles. The summed E-state index contributed by atoms with van der Waals surface area (Å²) >= 11 is 0. The van der Waals surface area contributed by atoms with Crippen LogP contribution in [0.3, 0.4) is 0 Å². The number of nitrogens with one attached hydrogen (secondary N) is 1. The number of hydrogen-bond acceptors (Lipinski definition) is 3. The molecule has 1 aliphatic carbocycles. The van der Waals surface area contributed by atoms with Crippen molar-refractivity contribution in [2.24, 2.45) is 0 Å². The first kappa shape index (κ1) is 13.4. The summed E-state index contributed by atoms with van der Waals surface area (Å²) in [5.74, 6) is 0. The van der Waals surface area contributed by atoms with Crippen molar-refractivity contribution in [2.75, 3.05) is 19.7 Å². The monoisotopic (exact) mass is 239 g/mol. The SMILES string of the molecule is BCCNCC[C@]1(O)CCOC2(CCCC2)C1. The zero-order chi connectivity index (χ0) is 12.2. The molecule has 4 heteroatoms. The lowest BCUT2D eigenvalue weighted by Crippen LogP contribution is -2.48. The van der Waals surface area contributed by atoms with Crippen molar-refractivity contribution < 1.29 is 9.84 Å². The minimum Gasteiger partial charge on any atom is -0.390 e. The maximum absolute atomic E-state index is 10.7. The van der Waals surface area contributed by atoms with E-state index in [-0.39, 0.29) is 5.60 Å². The van der Waals surface area contributed by atoms with Crippen LogP contribution in [0.15, 0.2) is 0 Å². The lowest BCUT2D eigenvalue weighted by molar-refractivity contribution is -0.159. The molecule has 2 fully saturated rings. The number of hydrogen-bond donors (Lipinski definition) is 2. The first-order valence-corrected chi connectivity index (χ1v) is 7.25. The molecule has 1 saturated carbocycles. The van der Waals surface area contributed by atoms with E-state index < -0.39 is 5.60 Å². The Morgan fingerprint density at radius 1 is 1.18 bits per heavy atom. The third-order valence-electron chi connectivity index (χ3n) is 4.34. The highest BCUT2D eigenvalue weighted by atomic mass is 16.5. The normalized spacial score (nSPS) is 32.1. The van der Waals surface area contributed by atoms with Crippen LogP contribution in [0.4, 0.5) is 0 Å². The highest BCUT2D eigenvalue weighted by Crippen LogP contribution is 2.44. The molecule has 0 amide bonds. The third-order valence-corrected chi connectivity index (χ3v) is 4.34. The van der Waals surface area contributed by atoms with Crippen molar-refractivity contribution in [3.63, 3.8) is 0 Å². The second kappa shape index (κ2) is 5.72. The summed E-state index contributed by atoms with van der Waals surface area (Å²) in [5.41, 5.74) is -0.457. The quantitative estimate of drug-likeness (QED) is 0.552. The van der Waals surface area contributed by atoms with Gasteiger partial charge in [0, 0.05) is 6.42 Å². The molecular weight excluding hydrogens is 213 g/mol. The van der Waals surface area contributed by atoms with E-state index in [0.29, 0.717) is 0 Å². The minimum atomic E-state index is -0.483. The molecule has 1 saturated heterocycles. The highest BCUT2D eigenvalue weighted by Gasteiger charge is 2.45. The summed E-state index contributed by atoms with van der Waals surface area (Å²) in [6, 6.07) is 0. The number of ether oxygens (including phenoxy) is 1. The molecule has 2 rings (SSSR count). The summed E-state index contributed by atoms with van der Waals surface area (Å²) in [6.07, 6.45) is 8.53. The zero-order valence-corrected chi connectivity index (χ0v) is 11.1. The van der Waals surface area contributed by atoms with E-state index >= 15 is 0 Å². The lowest BCUT2D eigenvalue weighted by Gasteiger charge is -2.43. The van der Waals surface area contributed by atoms with Crippen molar-refractivity contribution in [1.82, 2.24) is 5.32 Å². The molecule has 0 radical (unpaired) electrons. The second-order valence-corrected chi connectivity index (χ2v) is 5.89. The molecule has 3 nitrogen and oxygen atoms in total. The summed E-state index contributed by atoms with van der Waals surface area (Å²) in [5, 5.41) is 14.1. The van der Waals surface area contributed by atoms with Gasteiger partial charge in [0.2, 0.25) is 0 Å². The Balaban J connectivity index is 1.82. The fourth-order valence-electron chi connectivity index (χ4n) is 3.37. The van der Waals surface area contributed by atoms with Crippen molar-refractivity contribution in [1.29, 1.82) is 0 Å². The lowest BCUT2D eigenvalue weighted by atomic mass is 9.79. The summed E-state index contributed by atoms with van der Waals surface area (Å²) in [4.78, 5) is 0. The minimum absolute atomic E-state index is 0.0256. The molecule has 0 aromatic rings. The molecule has 1 heterocycles. The predicted molar refractivity (Wildman–Crippen MR) is 72.2 cm³/mol. The van der Waals surface area contributed by atoms with Gasteiger partial charge < -0.3 is 15.2 Å². The Hall–Kier alpha value is -0.0551. The van der Waals surface area contributed by atoms with Crippen LogP contribution >= 0.6 is 0 Å². The van der Waals surface area contributed by atoms with Gasteiger partial charge in [-0.2, -0.15) is 0 Å². The van der Waals surface area contributed by atoms with Crippen LogP contribution < -0.4 is 5.32 Å². The van der Waals surface area contributed by atoms with Gasteiger partial charge in [0.25, 0.3) is 0 Å². The van der Waals surface area contributed by atoms with E-state index in [2.05, 4.69) is 13.2 Å². The van der Waals surface area contributed by atoms with Crippen LogP contribution in [0.5, 0.6) is 0 Å². The van der Waals surface area contributed by atoms with Gasteiger partial charge in [0.05, 0.1) is 17.8 Å². The maximum atomic E-state index is 10.7. The zero-order valence-electron chi connectivity index (χ0n) is 11.1. The Morgan fingerprint density at radius 3 is 2.65 bits per heavy atom. The van der Waals surface area contributed by atoms with Gasteiger partial charge in [-0.15, -0.1) is 0 Å². The van der Waals surface area contributed by atoms with Gasteiger partial charge in [-0.25, -0.2) is 0 Å². The highest BCUT2D eigenvalue weighted by molar-refractivity contribution is 6.08. The summed E-state index contributed by atoms with van der Waals surface area (Å²) in [7, 11) is 2.17. The van der Waals surface area contributed by atoms with Crippen molar-refractivity contribution in [3.05, 3.63) is 0 Å². The van der Waals surface area contributed by atoms with E-state index in [1.54, 1.807) is 0 Å². The number of aliphatic hydroxyl groups is 1. The molecule has 0 aromatic carbocycles. The van der Waals surface area contributed by atoms with Crippen LogP contribution in [-0.4, -0.2) is 43.9 Å². The molecule has 98 valence electrons. The van der Waals surface area contributed by atoms with Gasteiger partial charge in [0.15, 0.2) is 0 Å². The molecule has 1 spiro atoms. The molecule has 0 unspecified atom stereocenters. The van der Waals surface area contributed by atoms with E-state index in [4.69, 9.17) is 4.74 Å². The Morgan fingerprint density at radius 2 is 1.94 bits per heavy atom. The fourth-order valence-corrected chi connectivity index (χ4v) is 3.37. The molecule has 2 N–H and O–H groups in total. The number of rotatable bonds is 5. The molecule has 1 aliphatic heterocycles. The largest absolute Gasteiger partial charge is 0.390 e. The predicted octanol–water partition coefficient (Wildman–Crippen LogP) is 0.872. The van der Waals surface area contributed by atoms with E-state index in [9.17, 15) is 5.11 Å². The standard InChI is InChI=1S/C13H26BNO2/c14-7-9-15-8-5-12(16)6-10-17-13(11-12)3-1-2-4-13/h15-16H,1-11,14H2/t12-/m0/s1. The van der Waals surface area contributed by atoms with E-state index in [0.717, 1.165) is 58.1 Å². The molecule has 0 bridgehead atoms. The van der Waals surface area contributed by atoms with Gasteiger partial charge in [-0.05, 0) is 38.8 Å². The average Bonchev–Trinajstić information content (AvgIpc) is 2.72. The van der Waals surface area contributed by atoms with Crippen LogP contribution in [0.25, 0.3) is 0 Å². The topological polar surface area (TPSA) is 41.5 Å². The van der Waals surface area contributed by atoms with Crippen LogP contribution in [0.2, 0.25) is 6.32 Å². The maximum Gasteiger partial charge on any atom is 0.102 e. The summed E-state index contributed by atoms with van der Waals surface area (Å²) < 4.78 is 5.97. The van der Waals surface area contributed by atoms with Gasteiger partial charge in [0.1, 0.15) is 7.85 Å². The Bertz CT molecular complexity index is 244. The molecular formula is C13H26BNO2. The van der Waals surface area contributed by atoms with Crippen molar-refractivity contribution >= 4 is 7.85 Å². The summed E-state index contributed by atoms with van der Waals surface area (Å²) in [6.45, 7) is 2.72. The fraction of sp³-hybridized carbons (Fsp3) is 1.00. The average molecular weight is 239 g/mol. The smallest absolute Gasteiger partial charge is 0.102 e. The molecule has 17 heavy (non-hydrogen) atoms.